The summed E-state index contributed by atoms with van der Waals surface area (Å²) in [5, 5.41) is 6.29. The van der Waals surface area contributed by atoms with Crippen molar-refractivity contribution in [2.45, 2.75) is 6.54 Å². The van der Waals surface area contributed by atoms with E-state index in [2.05, 4.69) is 10.6 Å². The molecule has 2 aromatic carbocycles. The number of benzene rings is 2. The van der Waals surface area contributed by atoms with E-state index >= 15 is 0 Å². The summed E-state index contributed by atoms with van der Waals surface area (Å²) >= 11 is 5.83. The van der Waals surface area contributed by atoms with E-state index in [1.165, 1.54) is 12.1 Å². The third-order valence-corrected chi connectivity index (χ3v) is 2.87. The molecule has 0 bridgehead atoms. The third kappa shape index (κ3) is 4.64. The van der Waals surface area contributed by atoms with Crippen molar-refractivity contribution in [2.75, 3.05) is 11.9 Å². The fourth-order valence-corrected chi connectivity index (χ4v) is 1.88. The lowest BCUT2D eigenvalue weighted by Crippen LogP contribution is -2.27. The van der Waals surface area contributed by atoms with Crippen LogP contribution in [0.25, 0.3) is 0 Å². The summed E-state index contributed by atoms with van der Waals surface area (Å²) in [7, 11) is 0. The molecular formula is C15H14ClFN2O. The van der Waals surface area contributed by atoms with E-state index in [0.717, 1.165) is 5.56 Å². The first kappa shape index (κ1) is 14.5. The van der Waals surface area contributed by atoms with Crippen LogP contribution in [0.4, 0.5) is 10.1 Å². The van der Waals surface area contributed by atoms with Gasteiger partial charge in [-0.1, -0.05) is 29.8 Å². The quantitative estimate of drug-likeness (QED) is 0.888. The van der Waals surface area contributed by atoms with Gasteiger partial charge in [0.2, 0.25) is 5.91 Å². The van der Waals surface area contributed by atoms with E-state index in [0.29, 0.717) is 17.3 Å². The molecule has 0 aliphatic rings. The Balaban J connectivity index is 1.76. The fraction of sp³-hybridized carbons (Fsp3) is 0.133. The molecule has 20 heavy (non-hydrogen) atoms. The second-order valence-electron chi connectivity index (χ2n) is 4.29. The Kier molecular flexibility index (Phi) is 5.09. The highest BCUT2D eigenvalue weighted by Gasteiger charge is 2.02. The van der Waals surface area contributed by atoms with Gasteiger partial charge in [0.15, 0.2) is 0 Å². The third-order valence-electron chi connectivity index (χ3n) is 2.64. The Labute approximate surface area is 121 Å². The molecule has 2 N–H and O–H groups in total. The standard InChI is InChI=1S/C15H14ClFN2O/c16-12-2-1-3-14(8-12)19-15(20)10-18-9-11-4-6-13(17)7-5-11/h1-8,18H,9-10H2,(H,19,20). The molecule has 0 saturated carbocycles. The molecule has 0 atom stereocenters. The van der Waals surface area contributed by atoms with Crippen LogP contribution in [-0.2, 0) is 11.3 Å². The molecule has 0 fully saturated rings. The summed E-state index contributed by atoms with van der Waals surface area (Å²) in [6.07, 6.45) is 0. The van der Waals surface area contributed by atoms with Crippen LogP contribution >= 0.6 is 11.6 Å². The number of hydrogen-bond acceptors (Lipinski definition) is 2. The number of amides is 1. The van der Waals surface area contributed by atoms with Crippen molar-refractivity contribution in [1.29, 1.82) is 0 Å². The van der Waals surface area contributed by atoms with Gasteiger partial charge < -0.3 is 10.6 Å². The first-order valence-electron chi connectivity index (χ1n) is 6.14. The molecule has 0 saturated heterocycles. The number of hydrogen-bond donors (Lipinski definition) is 2. The second-order valence-corrected chi connectivity index (χ2v) is 4.72. The van der Waals surface area contributed by atoms with Gasteiger partial charge in [-0.05, 0) is 35.9 Å². The smallest absolute Gasteiger partial charge is 0.238 e. The fourth-order valence-electron chi connectivity index (χ4n) is 1.69. The molecule has 3 nitrogen and oxygen atoms in total. The maximum absolute atomic E-state index is 12.7. The summed E-state index contributed by atoms with van der Waals surface area (Å²) in [6, 6.07) is 13.1. The molecule has 0 unspecified atom stereocenters. The van der Waals surface area contributed by atoms with E-state index in [-0.39, 0.29) is 18.3 Å². The van der Waals surface area contributed by atoms with Crippen LogP contribution in [0.5, 0.6) is 0 Å². The highest BCUT2D eigenvalue weighted by Crippen LogP contribution is 2.14. The molecule has 0 heterocycles. The van der Waals surface area contributed by atoms with Gasteiger partial charge in [0.25, 0.3) is 0 Å². The van der Waals surface area contributed by atoms with Crippen LogP contribution in [-0.4, -0.2) is 12.5 Å². The van der Waals surface area contributed by atoms with Crippen molar-refractivity contribution in [3.8, 4) is 0 Å². The SMILES string of the molecule is O=C(CNCc1ccc(F)cc1)Nc1cccc(Cl)c1. The van der Waals surface area contributed by atoms with Gasteiger partial charge in [0.05, 0.1) is 6.54 Å². The largest absolute Gasteiger partial charge is 0.325 e. The summed E-state index contributed by atoms with van der Waals surface area (Å²) in [5.41, 5.74) is 1.58. The lowest BCUT2D eigenvalue weighted by Gasteiger charge is -2.07. The minimum Gasteiger partial charge on any atom is -0.325 e. The van der Waals surface area contributed by atoms with Crippen molar-refractivity contribution < 1.29 is 9.18 Å². The Morgan fingerprint density at radius 3 is 2.60 bits per heavy atom. The summed E-state index contributed by atoms with van der Waals surface area (Å²) in [5.74, 6) is -0.429. The van der Waals surface area contributed by atoms with E-state index in [1.54, 1.807) is 36.4 Å². The van der Waals surface area contributed by atoms with Crippen molar-refractivity contribution in [3.05, 3.63) is 64.9 Å². The Hall–Kier alpha value is -1.91. The maximum atomic E-state index is 12.7. The molecule has 5 heteroatoms. The predicted molar refractivity (Wildman–Crippen MR) is 78.2 cm³/mol. The van der Waals surface area contributed by atoms with Crippen molar-refractivity contribution in [1.82, 2.24) is 5.32 Å². The first-order chi connectivity index (χ1) is 9.63. The molecular weight excluding hydrogens is 279 g/mol. The highest BCUT2D eigenvalue weighted by molar-refractivity contribution is 6.30. The van der Waals surface area contributed by atoms with E-state index in [9.17, 15) is 9.18 Å². The van der Waals surface area contributed by atoms with Crippen LogP contribution in [0.15, 0.2) is 48.5 Å². The van der Waals surface area contributed by atoms with E-state index < -0.39 is 0 Å². The Morgan fingerprint density at radius 2 is 1.90 bits per heavy atom. The van der Waals surface area contributed by atoms with Gasteiger partial charge in [0.1, 0.15) is 5.82 Å². The summed E-state index contributed by atoms with van der Waals surface area (Å²) in [6.45, 7) is 0.674. The van der Waals surface area contributed by atoms with Gasteiger partial charge in [-0.15, -0.1) is 0 Å². The Morgan fingerprint density at radius 1 is 1.15 bits per heavy atom. The van der Waals surface area contributed by atoms with Crippen molar-refractivity contribution in [2.24, 2.45) is 0 Å². The zero-order valence-electron chi connectivity index (χ0n) is 10.7. The van der Waals surface area contributed by atoms with Gasteiger partial charge in [-0.2, -0.15) is 0 Å². The summed E-state index contributed by atoms with van der Waals surface area (Å²) < 4.78 is 12.7. The molecule has 0 spiro atoms. The van der Waals surface area contributed by atoms with Gasteiger partial charge >= 0.3 is 0 Å². The molecule has 0 aliphatic heterocycles. The molecule has 0 radical (unpaired) electrons. The van der Waals surface area contributed by atoms with Crippen LogP contribution in [0.3, 0.4) is 0 Å². The minimum absolute atomic E-state index is 0.158. The first-order valence-corrected chi connectivity index (χ1v) is 6.52. The molecule has 1 amide bonds. The van der Waals surface area contributed by atoms with Crippen LogP contribution in [0.2, 0.25) is 5.02 Å². The normalized spacial score (nSPS) is 10.3. The zero-order valence-corrected chi connectivity index (χ0v) is 11.5. The van der Waals surface area contributed by atoms with Crippen LogP contribution < -0.4 is 10.6 Å². The predicted octanol–water partition coefficient (Wildman–Crippen LogP) is 3.21. The van der Waals surface area contributed by atoms with Gasteiger partial charge in [-0.25, -0.2) is 4.39 Å². The van der Waals surface area contributed by atoms with Gasteiger partial charge in [-0.3, -0.25) is 4.79 Å². The average Bonchev–Trinajstić information content (AvgIpc) is 2.41. The monoisotopic (exact) mass is 292 g/mol. The highest BCUT2D eigenvalue weighted by atomic mass is 35.5. The minimum atomic E-state index is -0.271. The average molecular weight is 293 g/mol. The lowest BCUT2D eigenvalue weighted by molar-refractivity contribution is -0.115. The molecule has 2 aromatic rings. The number of carbonyl (C=O) groups is 1. The van der Waals surface area contributed by atoms with Gasteiger partial charge in [0, 0.05) is 17.3 Å². The van der Waals surface area contributed by atoms with E-state index in [1.807, 2.05) is 0 Å². The topological polar surface area (TPSA) is 41.1 Å². The number of carbonyl (C=O) groups excluding carboxylic acids is 1. The lowest BCUT2D eigenvalue weighted by atomic mass is 10.2. The number of halogens is 2. The zero-order chi connectivity index (χ0) is 14.4. The molecule has 2 rings (SSSR count). The van der Waals surface area contributed by atoms with Crippen LogP contribution in [0, 0.1) is 5.82 Å². The summed E-state index contributed by atoms with van der Waals surface area (Å²) in [4.78, 5) is 11.7. The number of anilines is 1. The molecule has 0 aromatic heterocycles. The maximum Gasteiger partial charge on any atom is 0.238 e. The van der Waals surface area contributed by atoms with E-state index in [4.69, 9.17) is 11.6 Å². The van der Waals surface area contributed by atoms with Crippen molar-refractivity contribution >= 4 is 23.2 Å². The molecule has 104 valence electrons. The van der Waals surface area contributed by atoms with Crippen LogP contribution in [0.1, 0.15) is 5.56 Å². The van der Waals surface area contributed by atoms with Crippen molar-refractivity contribution in [3.63, 3.8) is 0 Å². The molecule has 0 aliphatic carbocycles. The number of nitrogens with one attached hydrogen (secondary N) is 2. The Bertz CT molecular complexity index is 587. The second kappa shape index (κ2) is 7.03. The number of rotatable bonds is 5.